The monoisotopic (exact) mass is 432 g/mol. The summed E-state index contributed by atoms with van der Waals surface area (Å²) in [7, 11) is 0. The minimum absolute atomic E-state index is 0.0221. The molecule has 1 atom stereocenters. The lowest BCUT2D eigenvalue weighted by molar-refractivity contribution is -0.120. The molecule has 0 aliphatic carbocycles. The number of hydrogen-bond donors (Lipinski definition) is 2. The lowest BCUT2D eigenvalue weighted by Crippen LogP contribution is -2.36. The van der Waals surface area contributed by atoms with Crippen LogP contribution >= 0.6 is 11.8 Å². The number of rotatable bonds is 7. The van der Waals surface area contributed by atoms with Gasteiger partial charge < -0.3 is 15.5 Å². The van der Waals surface area contributed by atoms with Gasteiger partial charge in [-0.3, -0.25) is 14.2 Å². The van der Waals surface area contributed by atoms with Gasteiger partial charge in [-0.1, -0.05) is 12.1 Å². The smallest absolute Gasteiger partial charge is 0.227 e. The maximum Gasteiger partial charge on any atom is 0.227 e. The van der Waals surface area contributed by atoms with Crippen LogP contribution in [0.5, 0.6) is 0 Å². The Bertz CT molecular complexity index is 914. The van der Waals surface area contributed by atoms with E-state index < -0.39 is 0 Å². The summed E-state index contributed by atoms with van der Waals surface area (Å²) in [5.74, 6) is 3.09. The normalized spacial score (nSPS) is 19.0. The molecule has 2 N–H and O–H groups in total. The van der Waals surface area contributed by atoms with E-state index in [4.69, 9.17) is 0 Å². The van der Waals surface area contributed by atoms with Crippen molar-refractivity contribution in [3.63, 3.8) is 0 Å². The van der Waals surface area contributed by atoms with Crippen LogP contribution in [-0.4, -0.2) is 57.7 Å². The molecule has 1 aromatic carbocycles. The number of anilines is 1. The Hall–Kier alpha value is -2.62. The van der Waals surface area contributed by atoms with Gasteiger partial charge in [-0.25, -0.2) is 4.39 Å². The van der Waals surface area contributed by atoms with Gasteiger partial charge in [0.05, 0.1) is 12.5 Å². The summed E-state index contributed by atoms with van der Waals surface area (Å²) < 4.78 is 15.3. The summed E-state index contributed by atoms with van der Waals surface area (Å²) in [6.45, 7) is 2.69. The predicted molar refractivity (Wildman–Crippen MR) is 113 cm³/mol. The maximum absolute atomic E-state index is 13.3. The highest BCUT2D eigenvalue weighted by Gasteiger charge is 2.29. The molecule has 2 aliphatic rings. The van der Waals surface area contributed by atoms with E-state index in [0.29, 0.717) is 31.5 Å². The minimum atomic E-state index is -0.350. The van der Waals surface area contributed by atoms with Gasteiger partial charge in [0, 0.05) is 44.1 Å². The van der Waals surface area contributed by atoms with Crippen LogP contribution in [0, 0.1) is 5.82 Å². The number of nitrogens with one attached hydrogen (secondary N) is 2. The van der Waals surface area contributed by atoms with Crippen LogP contribution in [0.1, 0.15) is 30.3 Å². The molecule has 4 rings (SSSR count). The van der Waals surface area contributed by atoms with Crippen LogP contribution in [0.15, 0.2) is 24.3 Å². The number of carbonyl (C=O) groups excluding carboxylic acids is 2. The van der Waals surface area contributed by atoms with Crippen molar-refractivity contribution < 1.29 is 14.0 Å². The van der Waals surface area contributed by atoms with Gasteiger partial charge >= 0.3 is 0 Å². The molecule has 0 radical (unpaired) electrons. The van der Waals surface area contributed by atoms with Crippen molar-refractivity contribution in [3.8, 4) is 0 Å². The standard InChI is InChI=1S/C20H25FN6O2S/c21-15-3-1-2-14(12-15)13-18(29)22-6-7-27-19(16-4-5-17(28)23-16)24-25-20(27)26-8-10-30-11-9-26/h1-3,12,16H,4-11,13H2,(H,22,29)(H,23,28). The molecule has 1 unspecified atom stereocenters. The maximum atomic E-state index is 13.3. The number of hydrogen-bond acceptors (Lipinski definition) is 6. The van der Waals surface area contributed by atoms with Gasteiger partial charge in [0.15, 0.2) is 5.82 Å². The van der Waals surface area contributed by atoms with E-state index in [-0.39, 0.29) is 30.1 Å². The van der Waals surface area contributed by atoms with Crippen molar-refractivity contribution in [3.05, 3.63) is 41.5 Å². The van der Waals surface area contributed by atoms with E-state index in [1.165, 1.54) is 12.1 Å². The molecule has 2 amide bonds. The molecule has 2 aromatic rings. The van der Waals surface area contributed by atoms with Crippen LogP contribution in [0.3, 0.4) is 0 Å². The van der Waals surface area contributed by atoms with Crippen LogP contribution < -0.4 is 15.5 Å². The Morgan fingerprint density at radius 3 is 2.87 bits per heavy atom. The fourth-order valence-electron chi connectivity index (χ4n) is 3.79. The highest BCUT2D eigenvalue weighted by Crippen LogP contribution is 2.26. The fourth-order valence-corrected chi connectivity index (χ4v) is 4.69. The third-order valence-corrected chi connectivity index (χ3v) is 6.21. The Morgan fingerprint density at radius 2 is 2.13 bits per heavy atom. The van der Waals surface area contributed by atoms with Crippen LogP contribution in [0.4, 0.5) is 10.3 Å². The molecule has 0 saturated carbocycles. The van der Waals surface area contributed by atoms with Crippen molar-refractivity contribution in [2.24, 2.45) is 0 Å². The van der Waals surface area contributed by atoms with Gasteiger partial charge in [0.25, 0.3) is 0 Å². The van der Waals surface area contributed by atoms with E-state index in [1.807, 2.05) is 16.3 Å². The SMILES string of the molecule is O=C(Cc1cccc(F)c1)NCCn1c(C2CCC(=O)N2)nnc1N1CCSCC1. The summed E-state index contributed by atoms with van der Waals surface area (Å²) in [5.41, 5.74) is 0.637. The topological polar surface area (TPSA) is 92.2 Å². The van der Waals surface area contributed by atoms with Gasteiger partial charge in [-0.05, 0) is 24.1 Å². The van der Waals surface area contributed by atoms with Gasteiger partial charge in [0.1, 0.15) is 5.82 Å². The number of nitrogens with zero attached hydrogens (tertiary/aromatic N) is 4. The summed E-state index contributed by atoms with van der Waals surface area (Å²) in [6.07, 6.45) is 1.30. The van der Waals surface area contributed by atoms with Gasteiger partial charge in [-0.15, -0.1) is 10.2 Å². The largest absolute Gasteiger partial charge is 0.354 e. The Balaban J connectivity index is 1.42. The highest BCUT2D eigenvalue weighted by atomic mass is 32.2. The van der Waals surface area contributed by atoms with E-state index in [1.54, 1.807) is 12.1 Å². The second-order valence-corrected chi connectivity index (χ2v) is 8.65. The Morgan fingerprint density at radius 1 is 1.30 bits per heavy atom. The van der Waals surface area contributed by atoms with Crippen LogP contribution in [0.2, 0.25) is 0 Å². The molecular formula is C20H25FN6O2S. The fraction of sp³-hybridized carbons (Fsp3) is 0.500. The quantitative estimate of drug-likeness (QED) is 0.685. The number of thioether (sulfide) groups is 1. The zero-order valence-electron chi connectivity index (χ0n) is 16.6. The summed E-state index contributed by atoms with van der Waals surface area (Å²) >= 11 is 1.92. The number of amides is 2. The average molecular weight is 433 g/mol. The summed E-state index contributed by atoms with van der Waals surface area (Å²) in [6, 6.07) is 5.90. The van der Waals surface area contributed by atoms with Crippen molar-refractivity contribution in [1.29, 1.82) is 0 Å². The molecule has 8 nitrogen and oxygen atoms in total. The summed E-state index contributed by atoms with van der Waals surface area (Å²) in [4.78, 5) is 26.2. The number of halogens is 1. The van der Waals surface area contributed by atoms with E-state index in [0.717, 1.165) is 36.4 Å². The van der Waals surface area contributed by atoms with Crippen molar-refractivity contribution in [2.45, 2.75) is 31.8 Å². The molecule has 2 fully saturated rings. The van der Waals surface area contributed by atoms with Crippen molar-refractivity contribution in [2.75, 3.05) is 36.0 Å². The molecule has 3 heterocycles. The molecule has 2 saturated heterocycles. The number of carbonyl (C=O) groups is 2. The highest BCUT2D eigenvalue weighted by molar-refractivity contribution is 7.99. The van der Waals surface area contributed by atoms with Crippen molar-refractivity contribution >= 4 is 29.5 Å². The molecule has 0 spiro atoms. The third kappa shape index (κ3) is 4.92. The van der Waals surface area contributed by atoms with Crippen LogP contribution in [0.25, 0.3) is 0 Å². The van der Waals surface area contributed by atoms with E-state index in [2.05, 4.69) is 25.7 Å². The van der Waals surface area contributed by atoms with Crippen molar-refractivity contribution in [1.82, 2.24) is 25.4 Å². The first-order valence-corrected chi connectivity index (χ1v) is 11.3. The average Bonchev–Trinajstić information content (AvgIpc) is 3.35. The number of aromatic nitrogens is 3. The first-order chi connectivity index (χ1) is 14.6. The lowest BCUT2D eigenvalue weighted by atomic mass is 10.1. The molecule has 160 valence electrons. The predicted octanol–water partition coefficient (Wildman–Crippen LogP) is 1.28. The zero-order valence-corrected chi connectivity index (χ0v) is 17.5. The molecule has 30 heavy (non-hydrogen) atoms. The van der Waals surface area contributed by atoms with Gasteiger partial charge in [-0.2, -0.15) is 11.8 Å². The summed E-state index contributed by atoms with van der Waals surface area (Å²) in [5, 5.41) is 14.6. The van der Waals surface area contributed by atoms with E-state index >= 15 is 0 Å². The molecule has 0 bridgehead atoms. The third-order valence-electron chi connectivity index (χ3n) is 5.27. The molecular weight excluding hydrogens is 407 g/mol. The second kappa shape index (κ2) is 9.46. The first-order valence-electron chi connectivity index (χ1n) is 10.2. The second-order valence-electron chi connectivity index (χ2n) is 7.42. The molecule has 10 heteroatoms. The molecule has 2 aliphatic heterocycles. The van der Waals surface area contributed by atoms with E-state index in [9.17, 15) is 14.0 Å². The molecule has 1 aromatic heterocycles. The van der Waals surface area contributed by atoms with Crippen LogP contribution in [-0.2, 0) is 22.6 Å². The minimum Gasteiger partial charge on any atom is -0.354 e. The Labute approximate surface area is 178 Å². The lowest BCUT2D eigenvalue weighted by Gasteiger charge is -2.28. The Kier molecular flexibility index (Phi) is 6.51. The first kappa shape index (κ1) is 20.6. The van der Waals surface area contributed by atoms with Gasteiger partial charge in [0.2, 0.25) is 17.8 Å². The zero-order chi connectivity index (χ0) is 20.9. The number of benzene rings is 1.